The van der Waals surface area contributed by atoms with E-state index in [9.17, 15) is 0 Å². The SMILES string of the molecule is CC(C1=CCc2ccccc21)(c1ccccc1)c1ccc2ccccc2c1. The van der Waals surface area contributed by atoms with Crippen LogP contribution in [0.15, 0.2) is 103 Å². The molecule has 0 N–H and O–H groups in total. The molecule has 130 valence electrons. The molecule has 0 heteroatoms. The van der Waals surface area contributed by atoms with Crippen molar-refractivity contribution in [2.45, 2.75) is 18.8 Å². The van der Waals surface area contributed by atoms with Crippen molar-refractivity contribution in [2.75, 3.05) is 0 Å². The van der Waals surface area contributed by atoms with Crippen LogP contribution in [0.4, 0.5) is 0 Å². The number of hydrogen-bond donors (Lipinski definition) is 0. The van der Waals surface area contributed by atoms with E-state index in [1.165, 1.54) is 38.6 Å². The number of fused-ring (bicyclic) bond motifs is 2. The molecule has 27 heavy (non-hydrogen) atoms. The van der Waals surface area contributed by atoms with Gasteiger partial charge in [0.1, 0.15) is 0 Å². The van der Waals surface area contributed by atoms with Crippen molar-refractivity contribution in [3.63, 3.8) is 0 Å². The fraction of sp³-hybridized carbons (Fsp3) is 0.111. The van der Waals surface area contributed by atoms with E-state index in [1.54, 1.807) is 0 Å². The first kappa shape index (κ1) is 16.1. The van der Waals surface area contributed by atoms with Crippen LogP contribution in [0, 0.1) is 0 Å². The van der Waals surface area contributed by atoms with Gasteiger partial charge in [0.05, 0.1) is 0 Å². The summed E-state index contributed by atoms with van der Waals surface area (Å²) in [6.07, 6.45) is 3.44. The normalized spacial score (nSPS) is 15.2. The van der Waals surface area contributed by atoms with E-state index < -0.39 is 0 Å². The third-order valence-electron chi connectivity index (χ3n) is 6.05. The first-order chi connectivity index (χ1) is 13.3. The van der Waals surface area contributed by atoms with Gasteiger partial charge in [0, 0.05) is 5.41 Å². The smallest absolute Gasteiger partial charge is 0.0426 e. The zero-order valence-electron chi connectivity index (χ0n) is 15.5. The highest BCUT2D eigenvalue weighted by molar-refractivity contribution is 5.88. The molecule has 0 saturated carbocycles. The van der Waals surface area contributed by atoms with Crippen LogP contribution in [0.25, 0.3) is 16.3 Å². The molecule has 4 aromatic carbocycles. The minimum atomic E-state index is -0.183. The van der Waals surface area contributed by atoms with Gasteiger partial charge in [-0.1, -0.05) is 97.1 Å². The molecule has 0 nitrogen and oxygen atoms in total. The molecule has 1 aliphatic carbocycles. The number of benzene rings is 4. The molecule has 0 radical (unpaired) electrons. The first-order valence-electron chi connectivity index (χ1n) is 9.60. The van der Waals surface area contributed by atoms with Gasteiger partial charge in [-0.15, -0.1) is 0 Å². The van der Waals surface area contributed by atoms with Crippen LogP contribution in [0.3, 0.4) is 0 Å². The van der Waals surface area contributed by atoms with E-state index >= 15 is 0 Å². The molecule has 0 amide bonds. The topological polar surface area (TPSA) is 0 Å². The summed E-state index contributed by atoms with van der Waals surface area (Å²) in [5.74, 6) is 0. The molecular weight excluding hydrogens is 324 g/mol. The second kappa shape index (κ2) is 6.25. The molecule has 1 aliphatic rings. The van der Waals surface area contributed by atoms with Crippen molar-refractivity contribution in [1.29, 1.82) is 0 Å². The summed E-state index contributed by atoms with van der Waals surface area (Å²) >= 11 is 0. The average Bonchev–Trinajstić information content (AvgIpc) is 3.18. The second-order valence-electron chi connectivity index (χ2n) is 7.53. The first-order valence-corrected chi connectivity index (χ1v) is 9.60. The molecule has 0 aromatic heterocycles. The average molecular weight is 346 g/mol. The van der Waals surface area contributed by atoms with Gasteiger partial charge in [-0.25, -0.2) is 0 Å². The Balaban J connectivity index is 1.77. The second-order valence-corrected chi connectivity index (χ2v) is 7.53. The molecular formula is C27H22. The molecule has 0 heterocycles. The van der Waals surface area contributed by atoms with Crippen molar-refractivity contribution in [3.8, 4) is 0 Å². The Hall–Kier alpha value is -3.12. The predicted octanol–water partition coefficient (Wildman–Crippen LogP) is 6.79. The van der Waals surface area contributed by atoms with Gasteiger partial charge in [-0.3, -0.25) is 0 Å². The zero-order chi connectivity index (χ0) is 18.3. The summed E-state index contributed by atoms with van der Waals surface area (Å²) in [6.45, 7) is 2.38. The van der Waals surface area contributed by atoms with Gasteiger partial charge in [0.15, 0.2) is 0 Å². The van der Waals surface area contributed by atoms with Crippen molar-refractivity contribution >= 4 is 16.3 Å². The van der Waals surface area contributed by atoms with Crippen LogP contribution in [0.5, 0.6) is 0 Å². The summed E-state index contributed by atoms with van der Waals surface area (Å²) < 4.78 is 0. The minimum absolute atomic E-state index is 0.183. The molecule has 5 rings (SSSR count). The Morgan fingerprint density at radius 2 is 1.33 bits per heavy atom. The van der Waals surface area contributed by atoms with E-state index in [0.29, 0.717) is 0 Å². The number of allylic oxidation sites excluding steroid dienone is 2. The van der Waals surface area contributed by atoms with Gasteiger partial charge in [-0.05, 0) is 58.0 Å². The summed E-state index contributed by atoms with van der Waals surface area (Å²) in [4.78, 5) is 0. The van der Waals surface area contributed by atoms with Crippen LogP contribution in [-0.4, -0.2) is 0 Å². The van der Waals surface area contributed by atoms with Crippen LogP contribution < -0.4 is 0 Å². The Labute approximate surface area is 160 Å². The molecule has 0 aliphatic heterocycles. The quantitative estimate of drug-likeness (QED) is 0.383. The third kappa shape index (κ3) is 2.52. The Kier molecular flexibility index (Phi) is 3.72. The standard InChI is InChI=1S/C27H22/c1-27(23-12-3-2-4-13-23,26-18-16-21-10-7-8-14-25(21)26)24-17-15-20-9-5-6-11-22(20)19-24/h2-15,17-19H,16H2,1H3. The summed E-state index contributed by atoms with van der Waals surface area (Å²) in [7, 11) is 0. The maximum absolute atomic E-state index is 2.42. The molecule has 0 bridgehead atoms. The number of rotatable bonds is 3. The predicted molar refractivity (Wildman–Crippen MR) is 115 cm³/mol. The molecule has 1 unspecified atom stereocenters. The van der Waals surface area contributed by atoms with Gasteiger partial charge < -0.3 is 0 Å². The highest BCUT2D eigenvalue weighted by atomic mass is 14.4. The van der Waals surface area contributed by atoms with E-state index in [2.05, 4.69) is 110 Å². The lowest BCUT2D eigenvalue weighted by atomic mass is 9.69. The highest BCUT2D eigenvalue weighted by Crippen LogP contribution is 2.47. The largest absolute Gasteiger partial charge is 0.0750 e. The van der Waals surface area contributed by atoms with Crippen molar-refractivity contribution in [1.82, 2.24) is 0 Å². The molecule has 0 spiro atoms. The van der Waals surface area contributed by atoms with E-state index in [0.717, 1.165) is 6.42 Å². The molecule has 1 atom stereocenters. The fourth-order valence-electron chi connectivity index (χ4n) is 4.51. The van der Waals surface area contributed by atoms with Crippen LogP contribution in [-0.2, 0) is 11.8 Å². The lowest BCUT2D eigenvalue weighted by Gasteiger charge is -2.34. The maximum atomic E-state index is 2.42. The lowest BCUT2D eigenvalue weighted by Crippen LogP contribution is -2.25. The Morgan fingerprint density at radius 1 is 0.630 bits per heavy atom. The Bertz CT molecular complexity index is 1150. The van der Waals surface area contributed by atoms with Gasteiger partial charge in [0.25, 0.3) is 0 Å². The van der Waals surface area contributed by atoms with Crippen LogP contribution in [0.1, 0.15) is 29.2 Å². The molecule has 0 fully saturated rings. The maximum Gasteiger partial charge on any atom is 0.0426 e. The molecule has 4 aromatic rings. The number of hydrogen-bond acceptors (Lipinski definition) is 0. The molecule has 0 saturated heterocycles. The van der Waals surface area contributed by atoms with E-state index in [-0.39, 0.29) is 5.41 Å². The zero-order valence-corrected chi connectivity index (χ0v) is 15.5. The van der Waals surface area contributed by atoms with Gasteiger partial charge >= 0.3 is 0 Å². The summed E-state index contributed by atoms with van der Waals surface area (Å²) in [6, 6.07) is 35.3. The van der Waals surface area contributed by atoms with Crippen LogP contribution >= 0.6 is 0 Å². The highest BCUT2D eigenvalue weighted by Gasteiger charge is 2.36. The lowest BCUT2D eigenvalue weighted by molar-refractivity contribution is 0.749. The fourth-order valence-corrected chi connectivity index (χ4v) is 4.51. The van der Waals surface area contributed by atoms with E-state index in [4.69, 9.17) is 0 Å². The third-order valence-corrected chi connectivity index (χ3v) is 6.05. The monoisotopic (exact) mass is 346 g/mol. The summed E-state index contributed by atoms with van der Waals surface area (Å²) in [5.41, 5.74) is 6.73. The van der Waals surface area contributed by atoms with Crippen molar-refractivity contribution in [3.05, 3.63) is 125 Å². The summed E-state index contributed by atoms with van der Waals surface area (Å²) in [5, 5.41) is 2.58. The van der Waals surface area contributed by atoms with E-state index in [1.807, 2.05) is 0 Å². The van der Waals surface area contributed by atoms with Crippen molar-refractivity contribution in [2.24, 2.45) is 0 Å². The van der Waals surface area contributed by atoms with Gasteiger partial charge in [0.2, 0.25) is 0 Å². The Morgan fingerprint density at radius 3 is 2.19 bits per heavy atom. The van der Waals surface area contributed by atoms with Crippen molar-refractivity contribution < 1.29 is 0 Å². The van der Waals surface area contributed by atoms with Gasteiger partial charge in [-0.2, -0.15) is 0 Å². The minimum Gasteiger partial charge on any atom is -0.0750 e. The van der Waals surface area contributed by atoms with Crippen LogP contribution in [0.2, 0.25) is 0 Å².